The number of oxazole rings is 1. The van der Waals surface area contributed by atoms with E-state index in [4.69, 9.17) is 32.4 Å². The van der Waals surface area contributed by atoms with Gasteiger partial charge in [-0.2, -0.15) is 0 Å². The smallest absolute Gasteiger partial charge is 0.257 e. The van der Waals surface area contributed by atoms with E-state index in [0.29, 0.717) is 10.8 Å². The maximum absolute atomic E-state index is 12.2. The molecule has 0 bridgehead atoms. The van der Waals surface area contributed by atoms with Crippen LogP contribution in [0, 0.1) is 6.92 Å². The third-order valence-corrected chi connectivity index (χ3v) is 3.36. The van der Waals surface area contributed by atoms with Gasteiger partial charge in [0, 0.05) is 0 Å². The number of carbonyl (C=O) groups excluding carboxylic acids is 1. The van der Waals surface area contributed by atoms with Gasteiger partial charge >= 0.3 is 0 Å². The second-order valence-electron chi connectivity index (χ2n) is 3.98. The summed E-state index contributed by atoms with van der Waals surface area (Å²) in [6, 6.07) is 3.11. The number of carbonyl (C=O) groups is 1. The number of nitrogens with one attached hydrogen (secondary N) is 1. The van der Waals surface area contributed by atoms with E-state index in [1.165, 1.54) is 13.5 Å². The summed E-state index contributed by atoms with van der Waals surface area (Å²) >= 11 is 12.0. The summed E-state index contributed by atoms with van der Waals surface area (Å²) in [5.41, 5.74) is 0.910. The van der Waals surface area contributed by atoms with Crippen molar-refractivity contribution in [2.24, 2.45) is 0 Å². The number of amides is 1. The van der Waals surface area contributed by atoms with Gasteiger partial charge in [0.1, 0.15) is 11.3 Å². The molecular weight excluding hydrogens is 303 g/mol. The Morgan fingerprint density at radius 1 is 1.40 bits per heavy atom. The highest BCUT2D eigenvalue weighted by atomic mass is 35.5. The third-order valence-electron chi connectivity index (χ3n) is 2.74. The highest BCUT2D eigenvalue weighted by Gasteiger charge is 2.19. The Morgan fingerprint density at radius 3 is 2.70 bits per heavy atom. The van der Waals surface area contributed by atoms with E-state index < -0.39 is 5.91 Å². The average Bonchev–Trinajstić information content (AvgIpc) is 2.83. The number of aryl methyl sites for hydroxylation is 1. The lowest BCUT2D eigenvalue weighted by molar-refractivity contribution is 0.0945. The Morgan fingerprint density at radius 2 is 2.10 bits per heavy atom. The molecule has 1 N–H and O–H groups in total. The van der Waals surface area contributed by atoms with Crippen molar-refractivity contribution in [2.75, 3.05) is 7.11 Å². The fourth-order valence-electron chi connectivity index (χ4n) is 1.69. The van der Waals surface area contributed by atoms with Gasteiger partial charge in [0.25, 0.3) is 5.91 Å². The number of methoxy groups -OCH3 is 1. The van der Waals surface area contributed by atoms with Crippen LogP contribution in [0.5, 0.6) is 5.75 Å². The highest BCUT2D eigenvalue weighted by molar-refractivity contribution is 6.37. The van der Waals surface area contributed by atoms with E-state index in [1.54, 1.807) is 19.1 Å². The first-order valence-electron chi connectivity index (χ1n) is 5.73. The average molecular weight is 315 g/mol. The van der Waals surface area contributed by atoms with Crippen molar-refractivity contribution in [2.45, 2.75) is 13.5 Å². The van der Waals surface area contributed by atoms with Crippen LogP contribution in [-0.2, 0) is 6.54 Å². The van der Waals surface area contributed by atoms with Gasteiger partial charge in [0.05, 0.1) is 29.4 Å². The topological polar surface area (TPSA) is 64.4 Å². The maximum Gasteiger partial charge on any atom is 0.257 e. The molecule has 1 heterocycles. The maximum atomic E-state index is 12.2. The molecule has 1 aromatic carbocycles. The molecule has 0 aliphatic carbocycles. The van der Waals surface area contributed by atoms with Gasteiger partial charge in [0.15, 0.2) is 12.1 Å². The van der Waals surface area contributed by atoms with E-state index in [1.807, 2.05) is 0 Å². The Kier molecular flexibility index (Phi) is 4.52. The van der Waals surface area contributed by atoms with Gasteiger partial charge in [-0.1, -0.05) is 23.2 Å². The number of hydrogen-bond donors (Lipinski definition) is 1. The second kappa shape index (κ2) is 6.15. The largest absolute Gasteiger partial charge is 0.494 e. The van der Waals surface area contributed by atoms with Crippen LogP contribution in [0.25, 0.3) is 0 Å². The summed E-state index contributed by atoms with van der Waals surface area (Å²) in [4.78, 5) is 16.2. The van der Waals surface area contributed by atoms with Crippen molar-refractivity contribution in [1.29, 1.82) is 0 Å². The van der Waals surface area contributed by atoms with Crippen LogP contribution in [0.2, 0.25) is 10.0 Å². The molecule has 106 valence electrons. The first kappa shape index (κ1) is 14.7. The molecule has 7 heteroatoms. The van der Waals surface area contributed by atoms with Crippen molar-refractivity contribution < 1.29 is 13.9 Å². The van der Waals surface area contributed by atoms with Gasteiger partial charge in [-0.25, -0.2) is 4.98 Å². The number of rotatable bonds is 4. The molecule has 5 nitrogen and oxygen atoms in total. The number of nitrogens with zero attached hydrogens (tertiary/aromatic N) is 1. The predicted octanol–water partition coefficient (Wildman–Crippen LogP) is 3.23. The molecule has 0 radical (unpaired) electrons. The number of ether oxygens (including phenoxy) is 1. The minimum atomic E-state index is -0.398. The van der Waals surface area contributed by atoms with E-state index in [-0.39, 0.29) is 22.9 Å². The minimum Gasteiger partial charge on any atom is -0.494 e. The number of aromatic nitrogens is 1. The van der Waals surface area contributed by atoms with Crippen molar-refractivity contribution in [3.8, 4) is 5.75 Å². The van der Waals surface area contributed by atoms with Gasteiger partial charge in [-0.05, 0) is 19.1 Å². The Labute approximate surface area is 125 Å². The quantitative estimate of drug-likeness (QED) is 0.941. The van der Waals surface area contributed by atoms with E-state index in [0.717, 1.165) is 5.69 Å². The molecule has 1 amide bonds. The number of halogens is 2. The minimum absolute atomic E-state index is 0.193. The zero-order chi connectivity index (χ0) is 14.7. The standard InChI is InChI=1S/C13H12Cl2N2O3/c1-7-10(20-6-17-7)5-16-13(18)11-8(14)3-4-9(15)12(11)19-2/h3-4,6H,5H2,1-2H3,(H,16,18). The summed E-state index contributed by atoms with van der Waals surface area (Å²) in [7, 11) is 1.43. The first-order chi connectivity index (χ1) is 9.54. The number of benzene rings is 1. The zero-order valence-electron chi connectivity index (χ0n) is 10.9. The fourth-order valence-corrected chi connectivity index (χ4v) is 2.16. The SMILES string of the molecule is COc1c(Cl)ccc(Cl)c1C(=O)NCc1ocnc1C. The summed E-state index contributed by atoms with van der Waals surface area (Å²) in [5.74, 6) is 0.423. The molecular formula is C13H12Cl2N2O3. The number of hydrogen-bond acceptors (Lipinski definition) is 4. The third kappa shape index (κ3) is 2.89. The van der Waals surface area contributed by atoms with E-state index >= 15 is 0 Å². The molecule has 0 aliphatic rings. The van der Waals surface area contributed by atoms with Gasteiger partial charge in [0.2, 0.25) is 0 Å². The lowest BCUT2D eigenvalue weighted by Crippen LogP contribution is -2.24. The molecule has 20 heavy (non-hydrogen) atoms. The molecule has 0 aliphatic heterocycles. The van der Waals surface area contributed by atoms with Crippen molar-refractivity contribution in [1.82, 2.24) is 10.3 Å². The van der Waals surface area contributed by atoms with E-state index in [2.05, 4.69) is 10.3 Å². The lowest BCUT2D eigenvalue weighted by Gasteiger charge is -2.11. The first-order valence-corrected chi connectivity index (χ1v) is 6.49. The van der Waals surface area contributed by atoms with Gasteiger partial charge < -0.3 is 14.5 Å². The Hall–Kier alpha value is -1.72. The second-order valence-corrected chi connectivity index (χ2v) is 4.80. The van der Waals surface area contributed by atoms with Crippen molar-refractivity contribution >= 4 is 29.1 Å². The molecule has 0 saturated carbocycles. The van der Waals surface area contributed by atoms with Gasteiger partial charge in [-0.3, -0.25) is 4.79 Å². The highest BCUT2D eigenvalue weighted by Crippen LogP contribution is 2.33. The van der Waals surface area contributed by atoms with Crippen LogP contribution in [0.1, 0.15) is 21.8 Å². The van der Waals surface area contributed by atoms with Crippen LogP contribution in [0.3, 0.4) is 0 Å². The van der Waals surface area contributed by atoms with Crippen LogP contribution >= 0.6 is 23.2 Å². The fraction of sp³-hybridized carbons (Fsp3) is 0.231. The van der Waals surface area contributed by atoms with Crippen LogP contribution in [0.4, 0.5) is 0 Å². The monoisotopic (exact) mass is 314 g/mol. The van der Waals surface area contributed by atoms with Crippen molar-refractivity contribution in [3.63, 3.8) is 0 Å². The van der Waals surface area contributed by atoms with E-state index in [9.17, 15) is 4.79 Å². The molecule has 0 fully saturated rings. The Balaban J connectivity index is 2.21. The molecule has 0 spiro atoms. The summed E-state index contributed by atoms with van der Waals surface area (Å²) < 4.78 is 10.3. The van der Waals surface area contributed by atoms with Crippen LogP contribution in [-0.4, -0.2) is 18.0 Å². The summed E-state index contributed by atoms with van der Waals surface area (Å²) in [6.07, 6.45) is 1.32. The molecule has 0 unspecified atom stereocenters. The molecule has 0 atom stereocenters. The molecule has 2 rings (SSSR count). The van der Waals surface area contributed by atoms with Crippen LogP contribution in [0.15, 0.2) is 22.9 Å². The Bertz CT molecular complexity index is 641. The predicted molar refractivity (Wildman–Crippen MR) is 75.4 cm³/mol. The van der Waals surface area contributed by atoms with Crippen molar-refractivity contribution in [3.05, 3.63) is 45.6 Å². The molecule has 2 aromatic rings. The van der Waals surface area contributed by atoms with Crippen LogP contribution < -0.4 is 10.1 Å². The lowest BCUT2D eigenvalue weighted by atomic mass is 10.2. The summed E-state index contributed by atoms with van der Waals surface area (Å²) in [5, 5.41) is 3.27. The molecule has 0 saturated heterocycles. The van der Waals surface area contributed by atoms with Gasteiger partial charge in [-0.15, -0.1) is 0 Å². The summed E-state index contributed by atoms with van der Waals surface area (Å²) in [6.45, 7) is 1.99. The normalized spacial score (nSPS) is 10.4. The molecule has 1 aromatic heterocycles. The zero-order valence-corrected chi connectivity index (χ0v) is 12.4.